The van der Waals surface area contributed by atoms with Crippen LogP contribution < -0.4 is 5.32 Å². The van der Waals surface area contributed by atoms with Gasteiger partial charge in [0.05, 0.1) is 6.10 Å². The molecule has 2 N–H and O–H groups in total. The Morgan fingerprint density at radius 3 is 2.42 bits per heavy atom. The van der Waals surface area contributed by atoms with Crippen molar-refractivity contribution in [3.8, 4) is 0 Å². The molecule has 5 heteroatoms. The molecular formula is C21H29NO4. The zero-order valence-electron chi connectivity index (χ0n) is 15.8. The summed E-state index contributed by atoms with van der Waals surface area (Å²) >= 11 is 0. The smallest absolute Gasteiger partial charge is 0.330 e. The molecule has 26 heavy (non-hydrogen) atoms. The molecule has 0 bridgehead atoms. The molecule has 0 aliphatic heterocycles. The third kappa shape index (κ3) is 3.13. The van der Waals surface area contributed by atoms with Gasteiger partial charge in [-0.2, -0.15) is 0 Å². The summed E-state index contributed by atoms with van der Waals surface area (Å²) in [6.07, 6.45) is 2.56. The number of benzene rings is 1. The average molecular weight is 359 g/mol. The van der Waals surface area contributed by atoms with Crippen LogP contribution in [0.1, 0.15) is 57.9 Å². The van der Waals surface area contributed by atoms with Crippen molar-refractivity contribution in [2.45, 2.75) is 64.0 Å². The second kappa shape index (κ2) is 7.03. The lowest BCUT2D eigenvalue weighted by atomic mass is 9.54. The molecule has 1 amide bonds. The molecule has 0 heterocycles. The fraction of sp³-hybridized carbons (Fsp3) is 0.619. The zero-order chi connectivity index (χ0) is 18.9. The lowest BCUT2D eigenvalue weighted by Gasteiger charge is -2.58. The maximum atomic E-state index is 12.5. The highest BCUT2D eigenvalue weighted by molar-refractivity contribution is 5.89. The molecule has 2 atom stereocenters. The predicted octanol–water partition coefficient (Wildman–Crippen LogP) is 3.34. The quantitative estimate of drug-likeness (QED) is 0.783. The van der Waals surface area contributed by atoms with E-state index in [1.807, 2.05) is 39.0 Å². The summed E-state index contributed by atoms with van der Waals surface area (Å²) in [5, 5.41) is 12.6. The Labute approximate surface area is 155 Å². The van der Waals surface area contributed by atoms with Crippen LogP contribution in [0.25, 0.3) is 0 Å². The Hall–Kier alpha value is -1.88. The zero-order valence-corrected chi connectivity index (χ0v) is 15.8. The molecule has 1 aromatic rings. The van der Waals surface area contributed by atoms with Crippen molar-refractivity contribution in [1.29, 1.82) is 0 Å². The molecule has 142 valence electrons. The fourth-order valence-electron chi connectivity index (χ4n) is 4.49. The maximum Gasteiger partial charge on any atom is 0.330 e. The lowest BCUT2D eigenvalue weighted by molar-refractivity contribution is -0.194. The molecule has 2 saturated carbocycles. The van der Waals surface area contributed by atoms with E-state index in [0.717, 1.165) is 12.8 Å². The Kier molecular flexibility index (Phi) is 5.11. The number of hydrogen-bond acceptors (Lipinski definition) is 3. The number of amides is 1. The summed E-state index contributed by atoms with van der Waals surface area (Å²) in [5.74, 6) is -0.281. The van der Waals surface area contributed by atoms with Gasteiger partial charge in [0.1, 0.15) is 5.54 Å². The van der Waals surface area contributed by atoms with Crippen LogP contribution in [-0.4, -0.2) is 35.2 Å². The molecule has 2 aliphatic rings. The Balaban J connectivity index is 1.55. The first kappa shape index (κ1) is 18.9. The molecule has 0 aromatic heterocycles. The maximum absolute atomic E-state index is 12.5. The van der Waals surface area contributed by atoms with E-state index >= 15 is 0 Å². The van der Waals surface area contributed by atoms with Crippen LogP contribution in [0.2, 0.25) is 0 Å². The molecule has 1 aromatic carbocycles. The number of carbonyl (C=O) groups excluding carboxylic acids is 1. The molecule has 0 spiro atoms. The van der Waals surface area contributed by atoms with E-state index in [1.165, 1.54) is 5.56 Å². The van der Waals surface area contributed by atoms with Gasteiger partial charge in [0.2, 0.25) is 5.91 Å². The molecule has 0 radical (unpaired) electrons. The van der Waals surface area contributed by atoms with Gasteiger partial charge in [-0.05, 0) is 37.2 Å². The van der Waals surface area contributed by atoms with Gasteiger partial charge in [-0.3, -0.25) is 4.79 Å². The highest BCUT2D eigenvalue weighted by Gasteiger charge is 2.66. The minimum atomic E-state index is -1.23. The molecule has 3 rings (SSSR count). The summed E-state index contributed by atoms with van der Waals surface area (Å²) in [6.45, 7) is 6.16. The summed E-state index contributed by atoms with van der Waals surface area (Å²) in [6, 6.07) is 10.4. The second-order valence-corrected chi connectivity index (χ2v) is 8.28. The van der Waals surface area contributed by atoms with E-state index in [0.29, 0.717) is 31.3 Å². The summed E-state index contributed by atoms with van der Waals surface area (Å²) in [5.41, 5.74) is -0.533. The first-order chi connectivity index (χ1) is 12.3. The van der Waals surface area contributed by atoms with Crippen molar-refractivity contribution in [2.24, 2.45) is 11.3 Å². The van der Waals surface area contributed by atoms with Crippen LogP contribution in [0.3, 0.4) is 0 Å². The molecule has 5 nitrogen and oxygen atoms in total. The first-order valence-electron chi connectivity index (χ1n) is 9.51. The topological polar surface area (TPSA) is 75.6 Å². The van der Waals surface area contributed by atoms with E-state index < -0.39 is 16.9 Å². The standard InChI is InChI=1S/C21H29NO4/c1-4-26-17-13-21(19(24)25,20(17,2)3)22-18(23)12-14-10-16(11-14)15-8-6-5-7-9-15/h5-9,14,16-17H,4,10-13H2,1-3H3,(H,22,23)(H,24,25). The highest BCUT2D eigenvalue weighted by Crippen LogP contribution is 2.52. The second-order valence-electron chi connectivity index (χ2n) is 8.28. The largest absolute Gasteiger partial charge is 0.479 e. The van der Waals surface area contributed by atoms with E-state index in [4.69, 9.17) is 4.74 Å². The number of carbonyl (C=O) groups is 2. The number of aliphatic carboxylic acids is 1. The minimum Gasteiger partial charge on any atom is -0.479 e. The Morgan fingerprint density at radius 1 is 1.23 bits per heavy atom. The van der Waals surface area contributed by atoms with Crippen LogP contribution in [-0.2, 0) is 14.3 Å². The first-order valence-corrected chi connectivity index (χ1v) is 9.51. The molecule has 0 saturated heterocycles. The van der Waals surface area contributed by atoms with Gasteiger partial charge in [0.25, 0.3) is 0 Å². The van der Waals surface area contributed by atoms with E-state index in [1.54, 1.807) is 0 Å². The van der Waals surface area contributed by atoms with Gasteiger partial charge in [-0.1, -0.05) is 44.2 Å². The molecular weight excluding hydrogens is 330 g/mol. The van der Waals surface area contributed by atoms with Crippen LogP contribution in [0.15, 0.2) is 30.3 Å². The molecule has 2 fully saturated rings. The van der Waals surface area contributed by atoms with E-state index in [-0.39, 0.29) is 12.0 Å². The fourth-order valence-corrected chi connectivity index (χ4v) is 4.49. The molecule has 2 aliphatic carbocycles. The number of nitrogens with one attached hydrogen (secondary N) is 1. The van der Waals surface area contributed by atoms with Gasteiger partial charge in [0, 0.05) is 24.9 Å². The van der Waals surface area contributed by atoms with Crippen LogP contribution in [0.4, 0.5) is 0 Å². The van der Waals surface area contributed by atoms with E-state index in [9.17, 15) is 14.7 Å². The van der Waals surface area contributed by atoms with Crippen molar-refractivity contribution in [3.05, 3.63) is 35.9 Å². The van der Waals surface area contributed by atoms with Crippen molar-refractivity contribution in [3.63, 3.8) is 0 Å². The van der Waals surface area contributed by atoms with Gasteiger partial charge in [-0.25, -0.2) is 4.79 Å². The third-order valence-electron chi connectivity index (χ3n) is 6.46. The SMILES string of the molecule is CCOC1CC(NC(=O)CC2CC(c3ccccc3)C2)(C(=O)O)C1(C)C. The number of carboxylic acid groups (broad SMARTS) is 1. The minimum absolute atomic E-state index is 0.143. The van der Waals surface area contributed by atoms with Gasteiger partial charge in [0.15, 0.2) is 0 Å². The number of ether oxygens (including phenoxy) is 1. The monoisotopic (exact) mass is 359 g/mol. The summed E-state index contributed by atoms with van der Waals surface area (Å²) in [7, 11) is 0. The van der Waals surface area contributed by atoms with Gasteiger partial charge < -0.3 is 15.2 Å². The van der Waals surface area contributed by atoms with Crippen molar-refractivity contribution in [1.82, 2.24) is 5.32 Å². The third-order valence-corrected chi connectivity index (χ3v) is 6.46. The number of hydrogen-bond donors (Lipinski definition) is 2. The summed E-state index contributed by atoms with van der Waals surface area (Å²) in [4.78, 5) is 24.5. The highest BCUT2D eigenvalue weighted by atomic mass is 16.5. The molecule has 2 unspecified atom stereocenters. The van der Waals surface area contributed by atoms with E-state index in [2.05, 4.69) is 17.4 Å². The number of rotatable bonds is 7. The Bertz CT molecular complexity index is 666. The number of carboxylic acids is 1. The van der Waals surface area contributed by atoms with Gasteiger partial charge >= 0.3 is 5.97 Å². The normalized spacial score (nSPS) is 32.2. The van der Waals surface area contributed by atoms with Crippen LogP contribution in [0, 0.1) is 11.3 Å². The van der Waals surface area contributed by atoms with Crippen molar-refractivity contribution < 1.29 is 19.4 Å². The average Bonchev–Trinajstić information content (AvgIpc) is 2.57. The lowest BCUT2D eigenvalue weighted by Crippen LogP contribution is -2.76. The Morgan fingerprint density at radius 2 is 1.88 bits per heavy atom. The van der Waals surface area contributed by atoms with Gasteiger partial charge in [-0.15, -0.1) is 0 Å². The van der Waals surface area contributed by atoms with Crippen LogP contribution >= 0.6 is 0 Å². The van der Waals surface area contributed by atoms with Crippen LogP contribution in [0.5, 0.6) is 0 Å². The summed E-state index contributed by atoms with van der Waals surface area (Å²) < 4.78 is 5.64. The van der Waals surface area contributed by atoms with Crippen molar-refractivity contribution >= 4 is 11.9 Å². The van der Waals surface area contributed by atoms with Crippen molar-refractivity contribution in [2.75, 3.05) is 6.61 Å². The predicted molar refractivity (Wildman–Crippen MR) is 98.8 cm³/mol.